The summed E-state index contributed by atoms with van der Waals surface area (Å²) in [5.74, 6) is -0.357. The van der Waals surface area contributed by atoms with Crippen LogP contribution in [0.3, 0.4) is 0 Å². The fourth-order valence-electron chi connectivity index (χ4n) is 6.04. The molecule has 12 nitrogen and oxygen atoms in total. The number of carbonyl (C=O) groups is 5. The van der Waals surface area contributed by atoms with Crippen molar-refractivity contribution in [2.45, 2.75) is 160 Å². The molecule has 278 valence electrons. The van der Waals surface area contributed by atoms with Crippen molar-refractivity contribution in [1.29, 1.82) is 0 Å². The maximum atomic E-state index is 13.1. The van der Waals surface area contributed by atoms with Crippen molar-refractivity contribution in [2.24, 2.45) is 0 Å². The van der Waals surface area contributed by atoms with Crippen LogP contribution in [0, 0.1) is 0 Å². The summed E-state index contributed by atoms with van der Waals surface area (Å²) in [4.78, 5) is 63.5. The molecule has 12 heteroatoms. The molecular formula is C36H69N7O5. The molecule has 7 N–H and O–H groups in total. The Morgan fingerprint density at radius 2 is 0.875 bits per heavy atom. The van der Waals surface area contributed by atoms with Crippen molar-refractivity contribution in [3.8, 4) is 0 Å². The lowest BCUT2D eigenvalue weighted by Gasteiger charge is -2.26. The van der Waals surface area contributed by atoms with Gasteiger partial charge in [-0.15, -0.1) is 0 Å². The summed E-state index contributed by atoms with van der Waals surface area (Å²) in [5.41, 5.74) is 0. The van der Waals surface area contributed by atoms with Gasteiger partial charge < -0.3 is 37.2 Å². The van der Waals surface area contributed by atoms with E-state index in [2.05, 4.69) is 44.1 Å². The van der Waals surface area contributed by atoms with E-state index in [9.17, 15) is 24.0 Å². The van der Waals surface area contributed by atoms with Gasteiger partial charge in [-0.05, 0) is 97.8 Å². The van der Waals surface area contributed by atoms with Gasteiger partial charge in [-0.2, -0.15) is 0 Å². The predicted molar refractivity (Wildman–Crippen MR) is 192 cm³/mol. The maximum Gasteiger partial charge on any atom is 0.222 e. The molecule has 1 aliphatic heterocycles. The Bertz CT molecular complexity index is 840. The van der Waals surface area contributed by atoms with Crippen molar-refractivity contribution in [3.63, 3.8) is 0 Å². The van der Waals surface area contributed by atoms with Crippen LogP contribution in [0.25, 0.3) is 0 Å². The number of rotatable bonds is 26. The van der Waals surface area contributed by atoms with Gasteiger partial charge in [-0.1, -0.05) is 39.0 Å². The van der Waals surface area contributed by atoms with Crippen LogP contribution in [0.1, 0.15) is 142 Å². The van der Waals surface area contributed by atoms with Crippen LogP contribution in [0.4, 0.5) is 0 Å². The van der Waals surface area contributed by atoms with Gasteiger partial charge in [0.05, 0.1) is 0 Å². The lowest BCUT2D eigenvalue weighted by Crippen LogP contribution is -2.48. The maximum absolute atomic E-state index is 13.1. The molecule has 48 heavy (non-hydrogen) atoms. The molecule has 3 atom stereocenters. The summed E-state index contributed by atoms with van der Waals surface area (Å²) in [7, 11) is 3.86. The molecule has 1 aliphatic rings. The van der Waals surface area contributed by atoms with Crippen molar-refractivity contribution >= 4 is 29.5 Å². The van der Waals surface area contributed by atoms with E-state index < -0.39 is 0 Å². The van der Waals surface area contributed by atoms with Gasteiger partial charge in [0.1, 0.15) is 0 Å². The summed E-state index contributed by atoms with van der Waals surface area (Å²) in [6, 6.07) is -0.885. The van der Waals surface area contributed by atoms with Crippen molar-refractivity contribution in [1.82, 2.24) is 37.2 Å². The summed E-state index contributed by atoms with van der Waals surface area (Å²) in [6.07, 6.45) is 15.6. The first-order chi connectivity index (χ1) is 23.3. The van der Waals surface area contributed by atoms with Gasteiger partial charge in [-0.3, -0.25) is 24.0 Å². The Hall–Kier alpha value is -2.73. The van der Waals surface area contributed by atoms with E-state index in [1.165, 1.54) is 0 Å². The predicted octanol–water partition coefficient (Wildman–Crippen LogP) is 3.34. The van der Waals surface area contributed by atoms with Gasteiger partial charge >= 0.3 is 0 Å². The van der Waals surface area contributed by atoms with Crippen LogP contribution >= 0.6 is 0 Å². The lowest BCUT2D eigenvalue weighted by atomic mass is 10.00. The number of nitrogens with one attached hydrogen (secondary N) is 7. The highest BCUT2D eigenvalue weighted by Crippen LogP contribution is 2.13. The zero-order chi connectivity index (χ0) is 35.2. The second-order valence-electron chi connectivity index (χ2n) is 13.4. The van der Waals surface area contributed by atoms with E-state index in [0.717, 1.165) is 103 Å². The minimum Gasteiger partial charge on any atom is -0.356 e. The number of hydrogen-bond donors (Lipinski definition) is 7. The second kappa shape index (κ2) is 29.2. The quantitative estimate of drug-likeness (QED) is 0.0688. The fourth-order valence-corrected chi connectivity index (χ4v) is 6.04. The number of unbranched alkanes of at least 4 members (excludes halogenated alkanes) is 8. The molecule has 0 bridgehead atoms. The van der Waals surface area contributed by atoms with Crippen LogP contribution in [0.15, 0.2) is 0 Å². The summed E-state index contributed by atoms with van der Waals surface area (Å²) >= 11 is 0. The van der Waals surface area contributed by atoms with Gasteiger partial charge in [0.25, 0.3) is 0 Å². The van der Waals surface area contributed by atoms with Crippen LogP contribution in [-0.4, -0.2) is 87.9 Å². The molecule has 5 amide bonds. The Morgan fingerprint density at radius 3 is 1.23 bits per heavy atom. The molecule has 1 heterocycles. The molecule has 0 aliphatic carbocycles. The van der Waals surface area contributed by atoms with Crippen LogP contribution in [-0.2, 0) is 24.0 Å². The monoisotopic (exact) mass is 680 g/mol. The van der Waals surface area contributed by atoms with Crippen molar-refractivity contribution in [2.75, 3.05) is 40.3 Å². The third-order valence-corrected chi connectivity index (χ3v) is 8.81. The second-order valence-corrected chi connectivity index (χ2v) is 13.4. The largest absolute Gasteiger partial charge is 0.356 e. The lowest BCUT2D eigenvalue weighted by molar-refractivity contribution is -0.127. The van der Waals surface area contributed by atoms with E-state index >= 15 is 0 Å². The normalized spacial score (nSPS) is 19.0. The smallest absolute Gasteiger partial charge is 0.222 e. The molecule has 0 saturated carbocycles. The summed E-state index contributed by atoms with van der Waals surface area (Å²) in [5, 5.41) is 21.4. The highest BCUT2D eigenvalue weighted by molar-refractivity contribution is 5.83. The van der Waals surface area contributed by atoms with Crippen molar-refractivity contribution in [3.05, 3.63) is 0 Å². The van der Waals surface area contributed by atoms with E-state index in [1.807, 2.05) is 14.1 Å². The van der Waals surface area contributed by atoms with Crippen LogP contribution in [0.5, 0.6) is 0 Å². The Morgan fingerprint density at radius 1 is 0.521 bits per heavy atom. The van der Waals surface area contributed by atoms with Gasteiger partial charge in [0.2, 0.25) is 29.5 Å². The summed E-state index contributed by atoms with van der Waals surface area (Å²) in [6.45, 7) is 5.20. The van der Waals surface area contributed by atoms with E-state index in [0.29, 0.717) is 38.8 Å². The average Bonchev–Trinajstić information content (AvgIpc) is 3.03. The Balaban J connectivity index is 2.64. The first-order valence-electron chi connectivity index (χ1n) is 19.0. The SMILES string of the molecule is CCCCCC1CC(=O)NC(CCCCNC(=O)CCCCCNC)CC(=O)NC(CCCCNC(=O)CCCCCNC)CC(=O)N1. The minimum absolute atomic E-state index is 0.0680. The molecule has 1 saturated heterocycles. The topological polar surface area (TPSA) is 170 Å². The zero-order valence-electron chi connectivity index (χ0n) is 30.5. The van der Waals surface area contributed by atoms with Gasteiger partial charge in [-0.25, -0.2) is 0 Å². The molecule has 1 fully saturated rings. The minimum atomic E-state index is -0.319. The molecule has 0 spiro atoms. The fraction of sp³-hybridized carbons (Fsp3) is 0.861. The average molecular weight is 680 g/mol. The molecule has 0 aromatic carbocycles. The number of amides is 5. The first-order valence-corrected chi connectivity index (χ1v) is 19.0. The third-order valence-electron chi connectivity index (χ3n) is 8.81. The van der Waals surface area contributed by atoms with E-state index in [-0.39, 0.29) is 66.9 Å². The Kier molecular flexibility index (Phi) is 26.3. The standard InChI is InChI=1S/C36H69N7O5/c1-4-5-8-17-29-26-34(46)42-31(19-12-16-25-40-33(45)21-10-7-14-23-38-3)28-36(48)43-30(27-35(47)41-29)18-11-15-24-39-32(44)20-9-6-13-22-37-2/h29-31,37-38H,4-28H2,1-3H3,(H,39,44)(H,40,45)(H,41,47)(H,42,46)(H,43,48). The molecule has 0 aromatic rings. The highest BCUT2D eigenvalue weighted by atomic mass is 16.2. The first kappa shape index (κ1) is 43.3. The van der Waals surface area contributed by atoms with E-state index in [4.69, 9.17) is 0 Å². The highest BCUT2D eigenvalue weighted by Gasteiger charge is 2.25. The molecule has 0 aromatic heterocycles. The van der Waals surface area contributed by atoms with Crippen LogP contribution in [0.2, 0.25) is 0 Å². The summed E-state index contributed by atoms with van der Waals surface area (Å²) < 4.78 is 0. The number of carbonyl (C=O) groups excluding carboxylic acids is 5. The number of hydrogen-bond acceptors (Lipinski definition) is 7. The third kappa shape index (κ3) is 24.4. The van der Waals surface area contributed by atoms with Crippen LogP contribution < -0.4 is 37.2 Å². The van der Waals surface area contributed by atoms with E-state index in [1.54, 1.807) is 0 Å². The molecule has 1 rings (SSSR count). The molecule has 0 radical (unpaired) electrons. The zero-order valence-corrected chi connectivity index (χ0v) is 30.5. The van der Waals surface area contributed by atoms with Gasteiger partial charge in [0.15, 0.2) is 0 Å². The Labute approximate surface area is 290 Å². The molecule has 3 unspecified atom stereocenters. The molecular weight excluding hydrogens is 610 g/mol. The van der Waals surface area contributed by atoms with Gasteiger partial charge in [0, 0.05) is 63.3 Å². The van der Waals surface area contributed by atoms with Crippen molar-refractivity contribution < 1.29 is 24.0 Å².